The van der Waals surface area contributed by atoms with Crippen molar-refractivity contribution in [2.75, 3.05) is 13.7 Å². The number of hydrazone groups is 1. The van der Waals surface area contributed by atoms with Gasteiger partial charge in [-0.05, 0) is 73.3 Å². The maximum atomic E-state index is 12.5. The molecular weight excluding hydrogens is 484 g/mol. The summed E-state index contributed by atoms with van der Waals surface area (Å²) in [6.45, 7) is 4.08. The number of benzene rings is 4. The van der Waals surface area contributed by atoms with E-state index in [2.05, 4.69) is 10.5 Å². The Morgan fingerprint density at radius 1 is 0.921 bits per heavy atom. The van der Waals surface area contributed by atoms with Crippen LogP contribution in [0, 0.1) is 0 Å². The third-order valence-corrected chi connectivity index (χ3v) is 5.60. The molecule has 0 aliphatic heterocycles. The van der Waals surface area contributed by atoms with Gasteiger partial charge in [-0.15, -0.1) is 0 Å². The summed E-state index contributed by atoms with van der Waals surface area (Å²) in [7, 11) is 1.47. The highest BCUT2D eigenvalue weighted by Crippen LogP contribution is 2.29. The summed E-state index contributed by atoms with van der Waals surface area (Å²) in [6.07, 6.45) is 0.695. The molecule has 0 bridgehead atoms. The van der Waals surface area contributed by atoms with Gasteiger partial charge in [-0.1, -0.05) is 36.4 Å². The lowest BCUT2D eigenvalue weighted by Gasteiger charge is -2.14. The SMILES string of the molecule is CCOc1ccc(C(=O)Oc2ccc(/C=N\NC(=O)[C@@H](C)Oc3cccc4ccccc34)cc2OC)cc1. The van der Waals surface area contributed by atoms with Gasteiger partial charge in [-0.25, -0.2) is 10.2 Å². The van der Waals surface area contributed by atoms with Crippen LogP contribution in [-0.4, -0.2) is 37.9 Å². The molecule has 38 heavy (non-hydrogen) atoms. The number of hydrogen-bond donors (Lipinski definition) is 1. The van der Waals surface area contributed by atoms with E-state index in [4.69, 9.17) is 18.9 Å². The Balaban J connectivity index is 1.36. The fourth-order valence-electron chi connectivity index (χ4n) is 3.67. The molecule has 0 aliphatic carbocycles. The molecule has 1 atom stereocenters. The van der Waals surface area contributed by atoms with E-state index in [1.165, 1.54) is 13.3 Å². The maximum absolute atomic E-state index is 12.5. The van der Waals surface area contributed by atoms with Crippen molar-refractivity contribution in [2.24, 2.45) is 5.10 Å². The number of methoxy groups -OCH3 is 1. The summed E-state index contributed by atoms with van der Waals surface area (Å²) in [5.74, 6) is 0.959. The fraction of sp³-hybridized carbons (Fsp3) is 0.167. The first kappa shape index (κ1) is 26.2. The van der Waals surface area contributed by atoms with Crippen LogP contribution in [0.2, 0.25) is 0 Å². The normalized spacial score (nSPS) is 11.7. The summed E-state index contributed by atoms with van der Waals surface area (Å²) in [4.78, 5) is 25.1. The zero-order valence-electron chi connectivity index (χ0n) is 21.3. The van der Waals surface area contributed by atoms with Gasteiger partial charge in [-0.2, -0.15) is 5.10 Å². The molecule has 0 spiro atoms. The Morgan fingerprint density at radius 3 is 2.45 bits per heavy atom. The monoisotopic (exact) mass is 512 g/mol. The van der Waals surface area contributed by atoms with E-state index in [9.17, 15) is 9.59 Å². The Labute approximate surface area is 220 Å². The lowest BCUT2D eigenvalue weighted by molar-refractivity contribution is -0.127. The number of nitrogens with one attached hydrogen (secondary N) is 1. The zero-order valence-corrected chi connectivity index (χ0v) is 21.3. The van der Waals surface area contributed by atoms with Crippen LogP contribution in [0.15, 0.2) is 90.0 Å². The first-order valence-electron chi connectivity index (χ1n) is 12.1. The molecule has 0 saturated heterocycles. The third-order valence-electron chi connectivity index (χ3n) is 5.60. The number of carbonyl (C=O) groups excluding carboxylic acids is 2. The Morgan fingerprint density at radius 2 is 1.68 bits per heavy atom. The first-order chi connectivity index (χ1) is 18.5. The van der Waals surface area contributed by atoms with Crippen molar-refractivity contribution in [1.29, 1.82) is 0 Å². The minimum absolute atomic E-state index is 0.254. The van der Waals surface area contributed by atoms with Crippen molar-refractivity contribution >= 4 is 28.9 Å². The van der Waals surface area contributed by atoms with Crippen LogP contribution < -0.4 is 24.4 Å². The van der Waals surface area contributed by atoms with E-state index in [1.807, 2.05) is 49.4 Å². The quantitative estimate of drug-likeness (QED) is 0.133. The molecule has 0 aromatic heterocycles. The summed E-state index contributed by atoms with van der Waals surface area (Å²) in [6, 6.07) is 25.1. The predicted octanol–water partition coefficient (Wildman–Crippen LogP) is 5.38. The average molecular weight is 513 g/mol. The Hall–Kier alpha value is -4.85. The molecule has 8 nitrogen and oxygen atoms in total. The van der Waals surface area contributed by atoms with Crippen LogP contribution in [-0.2, 0) is 4.79 Å². The maximum Gasteiger partial charge on any atom is 0.343 e. The van der Waals surface area contributed by atoms with E-state index in [0.717, 1.165) is 10.8 Å². The molecule has 4 aromatic rings. The van der Waals surface area contributed by atoms with Crippen LogP contribution in [0.4, 0.5) is 0 Å². The van der Waals surface area contributed by atoms with Gasteiger partial charge in [0.15, 0.2) is 17.6 Å². The number of amides is 1. The van der Waals surface area contributed by atoms with E-state index >= 15 is 0 Å². The van der Waals surface area contributed by atoms with E-state index in [-0.39, 0.29) is 5.75 Å². The van der Waals surface area contributed by atoms with Crippen LogP contribution in [0.25, 0.3) is 10.8 Å². The van der Waals surface area contributed by atoms with E-state index in [0.29, 0.717) is 35.0 Å². The number of esters is 1. The van der Waals surface area contributed by atoms with Crippen LogP contribution in [0.3, 0.4) is 0 Å². The number of ether oxygens (including phenoxy) is 4. The van der Waals surface area contributed by atoms with Crippen molar-refractivity contribution in [3.8, 4) is 23.0 Å². The highest BCUT2D eigenvalue weighted by molar-refractivity contribution is 5.92. The van der Waals surface area contributed by atoms with Gasteiger partial charge >= 0.3 is 5.97 Å². The van der Waals surface area contributed by atoms with Gasteiger partial charge in [0.2, 0.25) is 0 Å². The molecule has 0 unspecified atom stereocenters. The second-order valence-electron chi connectivity index (χ2n) is 8.23. The minimum Gasteiger partial charge on any atom is -0.494 e. The van der Waals surface area contributed by atoms with Crippen LogP contribution in [0.1, 0.15) is 29.8 Å². The van der Waals surface area contributed by atoms with Crippen molar-refractivity contribution in [1.82, 2.24) is 5.43 Å². The Kier molecular flexibility index (Phi) is 8.56. The van der Waals surface area contributed by atoms with Gasteiger partial charge in [0.25, 0.3) is 5.91 Å². The van der Waals surface area contributed by atoms with E-state index < -0.39 is 18.0 Å². The zero-order chi connectivity index (χ0) is 26.9. The second kappa shape index (κ2) is 12.4. The number of carbonyl (C=O) groups is 2. The standard InChI is InChI=1S/C30H28N2O6/c1-4-36-24-15-13-23(14-16-24)30(34)38-27-17-12-21(18-28(27)35-3)19-31-32-29(33)20(2)37-26-11-7-9-22-8-5-6-10-25(22)26/h5-20H,4H2,1-3H3,(H,32,33)/b31-19-/t20-/m1/s1. The smallest absolute Gasteiger partial charge is 0.343 e. The van der Waals surface area contributed by atoms with Crippen molar-refractivity contribution in [3.05, 3.63) is 96.1 Å². The molecule has 8 heteroatoms. The van der Waals surface area contributed by atoms with Crippen molar-refractivity contribution in [2.45, 2.75) is 20.0 Å². The summed E-state index contributed by atoms with van der Waals surface area (Å²) < 4.78 is 22.1. The van der Waals surface area contributed by atoms with Gasteiger partial charge in [0, 0.05) is 5.39 Å². The van der Waals surface area contributed by atoms with Gasteiger partial charge in [-0.3, -0.25) is 4.79 Å². The minimum atomic E-state index is -0.767. The molecule has 0 radical (unpaired) electrons. The Bertz CT molecular complexity index is 1440. The summed E-state index contributed by atoms with van der Waals surface area (Å²) in [5, 5.41) is 5.97. The summed E-state index contributed by atoms with van der Waals surface area (Å²) >= 11 is 0. The number of rotatable bonds is 10. The molecule has 0 heterocycles. The molecule has 1 amide bonds. The number of hydrogen-bond acceptors (Lipinski definition) is 7. The molecule has 1 N–H and O–H groups in total. The van der Waals surface area contributed by atoms with Crippen molar-refractivity contribution in [3.63, 3.8) is 0 Å². The van der Waals surface area contributed by atoms with Gasteiger partial charge in [0.05, 0.1) is 25.5 Å². The third kappa shape index (κ3) is 6.47. The largest absolute Gasteiger partial charge is 0.494 e. The highest BCUT2D eigenvalue weighted by Gasteiger charge is 2.16. The van der Waals surface area contributed by atoms with Gasteiger partial charge < -0.3 is 18.9 Å². The lowest BCUT2D eigenvalue weighted by atomic mass is 10.1. The van der Waals surface area contributed by atoms with Gasteiger partial charge in [0.1, 0.15) is 11.5 Å². The molecule has 0 saturated carbocycles. The topological polar surface area (TPSA) is 95.5 Å². The molecular formula is C30H28N2O6. The number of fused-ring (bicyclic) bond motifs is 1. The second-order valence-corrected chi connectivity index (χ2v) is 8.23. The summed E-state index contributed by atoms with van der Waals surface area (Å²) in [5.41, 5.74) is 3.50. The molecule has 0 fully saturated rings. The first-order valence-corrected chi connectivity index (χ1v) is 12.1. The molecule has 4 rings (SSSR count). The highest BCUT2D eigenvalue weighted by atomic mass is 16.6. The predicted molar refractivity (Wildman–Crippen MR) is 145 cm³/mol. The lowest BCUT2D eigenvalue weighted by Crippen LogP contribution is -2.33. The molecule has 194 valence electrons. The van der Waals surface area contributed by atoms with Crippen LogP contribution >= 0.6 is 0 Å². The van der Waals surface area contributed by atoms with Crippen LogP contribution in [0.5, 0.6) is 23.0 Å². The van der Waals surface area contributed by atoms with Crippen molar-refractivity contribution < 1.29 is 28.5 Å². The van der Waals surface area contributed by atoms with E-state index in [1.54, 1.807) is 49.4 Å². The average Bonchev–Trinajstić information content (AvgIpc) is 2.94. The molecule has 0 aliphatic rings. The number of nitrogens with zero attached hydrogens (tertiary/aromatic N) is 1. The fourth-order valence-corrected chi connectivity index (χ4v) is 3.67. The molecule has 4 aromatic carbocycles.